The zero-order chi connectivity index (χ0) is 17.5. The first-order chi connectivity index (χ1) is 11.6. The lowest BCUT2D eigenvalue weighted by Crippen LogP contribution is -2.18. The number of ether oxygens (including phenoxy) is 2. The minimum Gasteiger partial charge on any atom is -0.493 e. The number of rotatable bonds is 8. The smallest absolute Gasteiger partial charge is 0.175 e. The molecule has 0 saturated carbocycles. The molecule has 0 radical (unpaired) electrons. The summed E-state index contributed by atoms with van der Waals surface area (Å²) in [5.41, 5.74) is 3.81. The summed E-state index contributed by atoms with van der Waals surface area (Å²) in [5, 5.41) is 3.57. The average molecular weight is 392 g/mol. The first-order valence-corrected chi connectivity index (χ1v) is 9.19. The molecule has 2 aromatic carbocycles. The van der Waals surface area contributed by atoms with Gasteiger partial charge in [0.05, 0.1) is 18.2 Å². The molecule has 0 bridgehead atoms. The van der Waals surface area contributed by atoms with Gasteiger partial charge >= 0.3 is 0 Å². The van der Waals surface area contributed by atoms with Gasteiger partial charge in [0.15, 0.2) is 11.5 Å². The number of aryl methyl sites for hydroxylation is 1. The zero-order valence-corrected chi connectivity index (χ0v) is 16.4. The average Bonchev–Trinajstić information content (AvgIpc) is 2.61. The van der Waals surface area contributed by atoms with Crippen LogP contribution in [0.25, 0.3) is 0 Å². The summed E-state index contributed by atoms with van der Waals surface area (Å²) in [7, 11) is 1.67. The van der Waals surface area contributed by atoms with E-state index in [0.29, 0.717) is 6.61 Å². The van der Waals surface area contributed by atoms with Gasteiger partial charge in [-0.1, -0.05) is 31.2 Å². The Labute approximate surface area is 153 Å². The summed E-state index contributed by atoms with van der Waals surface area (Å²) in [4.78, 5) is 0. The summed E-state index contributed by atoms with van der Waals surface area (Å²) in [6.45, 7) is 7.69. The normalized spacial score (nSPS) is 12.0. The molecule has 0 fully saturated rings. The molecule has 3 nitrogen and oxygen atoms in total. The van der Waals surface area contributed by atoms with E-state index in [9.17, 15) is 0 Å². The second kappa shape index (κ2) is 9.09. The Morgan fingerprint density at radius 1 is 1.08 bits per heavy atom. The van der Waals surface area contributed by atoms with E-state index in [1.54, 1.807) is 7.11 Å². The second-order valence-corrected chi connectivity index (χ2v) is 6.59. The van der Waals surface area contributed by atoms with Crippen LogP contribution in [0, 0.1) is 0 Å². The van der Waals surface area contributed by atoms with Crippen molar-refractivity contribution in [2.75, 3.05) is 13.7 Å². The molecule has 0 saturated heterocycles. The maximum absolute atomic E-state index is 5.64. The highest BCUT2D eigenvalue weighted by Crippen LogP contribution is 2.36. The fourth-order valence-corrected chi connectivity index (χ4v) is 3.19. The van der Waals surface area contributed by atoms with Crippen LogP contribution in [0.3, 0.4) is 0 Å². The molecule has 1 unspecified atom stereocenters. The van der Waals surface area contributed by atoms with Gasteiger partial charge < -0.3 is 14.8 Å². The van der Waals surface area contributed by atoms with Gasteiger partial charge in [0.25, 0.3) is 0 Å². The Hall–Kier alpha value is -1.52. The zero-order valence-electron chi connectivity index (χ0n) is 14.9. The number of hydrogen-bond donors (Lipinski definition) is 1. The van der Waals surface area contributed by atoms with Crippen LogP contribution in [0.5, 0.6) is 11.5 Å². The second-order valence-electron chi connectivity index (χ2n) is 5.74. The molecule has 0 aromatic heterocycles. The molecule has 1 N–H and O–H groups in total. The van der Waals surface area contributed by atoms with Gasteiger partial charge in [-0.25, -0.2) is 0 Å². The lowest BCUT2D eigenvalue weighted by Gasteiger charge is -2.17. The molecule has 1 atom stereocenters. The van der Waals surface area contributed by atoms with Crippen LogP contribution in [-0.4, -0.2) is 13.7 Å². The summed E-state index contributed by atoms with van der Waals surface area (Å²) in [5.74, 6) is 1.51. The van der Waals surface area contributed by atoms with E-state index in [1.165, 1.54) is 11.1 Å². The first-order valence-electron chi connectivity index (χ1n) is 8.40. The largest absolute Gasteiger partial charge is 0.493 e. The van der Waals surface area contributed by atoms with Gasteiger partial charge in [0, 0.05) is 12.6 Å². The van der Waals surface area contributed by atoms with Crippen LogP contribution in [-0.2, 0) is 13.0 Å². The molecule has 2 rings (SSSR count). The first kappa shape index (κ1) is 18.8. The van der Waals surface area contributed by atoms with Crippen molar-refractivity contribution in [2.45, 2.75) is 39.8 Å². The highest BCUT2D eigenvalue weighted by molar-refractivity contribution is 9.10. The van der Waals surface area contributed by atoms with Gasteiger partial charge in [-0.05, 0) is 65.0 Å². The van der Waals surface area contributed by atoms with Crippen molar-refractivity contribution in [2.24, 2.45) is 0 Å². The third kappa shape index (κ3) is 4.74. The summed E-state index contributed by atoms with van der Waals surface area (Å²) >= 11 is 3.57. The Balaban J connectivity index is 2.06. The van der Waals surface area contributed by atoms with Gasteiger partial charge in [-0.2, -0.15) is 0 Å². The van der Waals surface area contributed by atoms with Crippen molar-refractivity contribution in [3.8, 4) is 11.5 Å². The van der Waals surface area contributed by atoms with E-state index in [1.807, 2.05) is 13.0 Å². The molecule has 0 aliphatic rings. The summed E-state index contributed by atoms with van der Waals surface area (Å²) in [6.07, 6.45) is 1.07. The fraction of sp³-hybridized carbons (Fsp3) is 0.400. The fourth-order valence-electron chi connectivity index (χ4n) is 2.59. The van der Waals surface area contributed by atoms with Crippen LogP contribution in [0.1, 0.15) is 43.5 Å². The third-order valence-corrected chi connectivity index (χ3v) is 4.67. The Kier molecular flexibility index (Phi) is 7.13. The summed E-state index contributed by atoms with van der Waals surface area (Å²) in [6, 6.07) is 13.2. The maximum atomic E-state index is 5.64. The molecular weight excluding hydrogens is 366 g/mol. The highest BCUT2D eigenvalue weighted by Gasteiger charge is 2.12. The van der Waals surface area contributed by atoms with Gasteiger partial charge in [-0.15, -0.1) is 0 Å². The highest BCUT2D eigenvalue weighted by atomic mass is 79.9. The van der Waals surface area contributed by atoms with E-state index in [0.717, 1.165) is 34.5 Å². The number of nitrogens with one attached hydrogen (secondary N) is 1. The van der Waals surface area contributed by atoms with Crippen LogP contribution in [0.4, 0.5) is 0 Å². The molecule has 0 heterocycles. The van der Waals surface area contributed by atoms with E-state index >= 15 is 0 Å². The van der Waals surface area contributed by atoms with Crippen LogP contribution in [0.15, 0.2) is 40.9 Å². The SMILES string of the molecule is CCOc1c(Br)cc(CNC(C)c2ccc(CC)cc2)cc1OC. The van der Waals surface area contributed by atoms with Crippen molar-refractivity contribution < 1.29 is 9.47 Å². The molecule has 0 spiro atoms. The van der Waals surface area contributed by atoms with Crippen molar-refractivity contribution in [1.82, 2.24) is 5.32 Å². The molecular formula is C20H26BrNO2. The lowest BCUT2D eigenvalue weighted by atomic mass is 10.0. The number of hydrogen-bond acceptors (Lipinski definition) is 3. The minimum atomic E-state index is 0.284. The Morgan fingerprint density at radius 2 is 1.79 bits per heavy atom. The molecule has 24 heavy (non-hydrogen) atoms. The van der Waals surface area contributed by atoms with E-state index in [2.05, 4.69) is 65.4 Å². The predicted octanol–water partition coefficient (Wildman–Crippen LogP) is 5.27. The maximum Gasteiger partial charge on any atom is 0.175 e. The molecule has 0 aliphatic carbocycles. The monoisotopic (exact) mass is 391 g/mol. The topological polar surface area (TPSA) is 30.5 Å². The van der Waals surface area contributed by atoms with Crippen LogP contribution < -0.4 is 14.8 Å². The Morgan fingerprint density at radius 3 is 2.38 bits per heavy atom. The standard InChI is InChI=1S/C20H26BrNO2/c1-5-15-7-9-17(10-8-15)14(3)22-13-16-11-18(21)20(24-6-2)19(12-16)23-4/h7-12,14,22H,5-6,13H2,1-4H3. The minimum absolute atomic E-state index is 0.284. The van der Waals surface area contributed by atoms with E-state index in [-0.39, 0.29) is 6.04 Å². The quantitative estimate of drug-likeness (QED) is 0.664. The summed E-state index contributed by atoms with van der Waals surface area (Å²) < 4.78 is 12.0. The molecule has 0 amide bonds. The Bertz CT molecular complexity index is 655. The van der Waals surface area contributed by atoms with Crippen molar-refractivity contribution in [3.63, 3.8) is 0 Å². The number of benzene rings is 2. The molecule has 2 aromatic rings. The van der Waals surface area contributed by atoms with E-state index in [4.69, 9.17) is 9.47 Å². The van der Waals surface area contributed by atoms with Crippen molar-refractivity contribution in [3.05, 3.63) is 57.6 Å². The van der Waals surface area contributed by atoms with Crippen LogP contribution >= 0.6 is 15.9 Å². The predicted molar refractivity (Wildman–Crippen MR) is 103 cm³/mol. The van der Waals surface area contributed by atoms with Crippen molar-refractivity contribution >= 4 is 15.9 Å². The lowest BCUT2D eigenvalue weighted by molar-refractivity contribution is 0.308. The third-order valence-electron chi connectivity index (χ3n) is 4.08. The van der Waals surface area contributed by atoms with E-state index < -0.39 is 0 Å². The van der Waals surface area contributed by atoms with Gasteiger partial charge in [0.1, 0.15) is 0 Å². The number of methoxy groups -OCH3 is 1. The molecule has 0 aliphatic heterocycles. The molecule has 130 valence electrons. The van der Waals surface area contributed by atoms with Gasteiger partial charge in [-0.3, -0.25) is 0 Å². The van der Waals surface area contributed by atoms with Gasteiger partial charge in [0.2, 0.25) is 0 Å². The van der Waals surface area contributed by atoms with Crippen LogP contribution in [0.2, 0.25) is 0 Å². The molecule has 4 heteroatoms. The van der Waals surface area contributed by atoms with Crippen molar-refractivity contribution in [1.29, 1.82) is 0 Å². The number of halogens is 1.